The molecule has 11 heteroatoms. The summed E-state index contributed by atoms with van der Waals surface area (Å²) < 4.78 is 38.8. The lowest BCUT2D eigenvalue weighted by Crippen LogP contribution is -2.22. The van der Waals surface area contributed by atoms with Crippen LogP contribution in [-0.4, -0.2) is 39.9 Å². The first-order valence-electron chi connectivity index (χ1n) is 10.4. The Kier molecular flexibility index (Phi) is 6.18. The molecule has 2 amide bonds. The highest BCUT2D eigenvalue weighted by Crippen LogP contribution is 2.33. The maximum atomic E-state index is 12.9. The maximum absolute atomic E-state index is 12.9. The van der Waals surface area contributed by atoms with Gasteiger partial charge in [0.1, 0.15) is 17.8 Å². The van der Waals surface area contributed by atoms with E-state index in [4.69, 9.17) is 5.73 Å². The molecule has 8 nitrogen and oxygen atoms in total. The number of hydrogen-bond donors (Lipinski definition) is 2. The summed E-state index contributed by atoms with van der Waals surface area (Å²) in [5, 5.41) is 2.49. The van der Waals surface area contributed by atoms with E-state index in [2.05, 4.69) is 20.3 Å². The van der Waals surface area contributed by atoms with Crippen LogP contribution in [0.15, 0.2) is 49.1 Å². The summed E-state index contributed by atoms with van der Waals surface area (Å²) in [5.74, 6) is -0.478. The maximum Gasteiger partial charge on any atom is 0.417 e. The first-order chi connectivity index (χ1) is 16.1. The highest BCUT2D eigenvalue weighted by Gasteiger charge is 2.31. The minimum atomic E-state index is -4.55. The molecule has 0 saturated carbocycles. The van der Waals surface area contributed by atoms with Crippen molar-refractivity contribution in [2.24, 2.45) is 5.73 Å². The van der Waals surface area contributed by atoms with Gasteiger partial charge in [-0.2, -0.15) is 13.2 Å². The second kappa shape index (κ2) is 9.08. The minimum absolute atomic E-state index is 0.0389. The number of nitrogens with two attached hydrogens (primary N) is 1. The van der Waals surface area contributed by atoms with Crippen molar-refractivity contribution in [1.82, 2.24) is 15.0 Å². The fraction of sp³-hybridized carbons (Fsp3) is 0.261. The first kappa shape index (κ1) is 23.1. The van der Waals surface area contributed by atoms with E-state index in [1.54, 1.807) is 18.2 Å². The molecule has 3 heterocycles. The van der Waals surface area contributed by atoms with E-state index in [9.17, 15) is 22.8 Å². The zero-order chi connectivity index (χ0) is 24.5. The molecule has 1 aromatic carbocycles. The second-order valence-electron chi connectivity index (χ2n) is 8.04. The fourth-order valence-corrected chi connectivity index (χ4v) is 3.97. The quantitative estimate of drug-likeness (QED) is 0.590. The van der Waals surface area contributed by atoms with Gasteiger partial charge in [-0.3, -0.25) is 14.6 Å². The van der Waals surface area contributed by atoms with Crippen LogP contribution in [-0.2, 0) is 6.18 Å². The summed E-state index contributed by atoms with van der Waals surface area (Å²) in [6.45, 7) is 3.23. The van der Waals surface area contributed by atoms with Crippen LogP contribution < -0.4 is 16.0 Å². The third kappa shape index (κ3) is 4.98. The molecule has 34 heavy (non-hydrogen) atoms. The van der Waals surface area contributed by atoms with Crippen LogP contribution >= 0.6 is 0 Å². The van der Waals surface area contributed by atoms with E-state index in [-0.39, 0.29) is 17.3 Å². The predicted molar refractivity (Wildman–Crippen MR) is 118 cm³/mol. The Bertz CT molecular complexity index is 1250. The number of rotatable bonds is 5. The van der Waals surface area contributed by atoms with Crippen molar-refractivity contribution in [3.8, 4) is 0 Å². The Balaban J connectivity index is 1.51. The first-order valence-corrected chi connectivity index (χ1v) is 10.4. The SMILES string of the molecule is Cc1ccc(C(=O)Nc2cncc(C(F)(F)F)c2)cc1[C@@H]1CCN(c2cc(C(N)=O)ncn2)C1. The van der Waals surface area contributed by atoms with Crippen LogP contribution in [0.5, 0.6) is 0 Å². The van der Waals surface area contributed by atoms with Gasteiger partial charge in [-0.05, 0) is 42.7 Å². The summed E-state index contributed by atoms with van der Waals surface area (Å²) in [4.78, 5) is 37.8. The van der Waals surface area contributed by atoms with Crippen LogP contribution in [0, 0.1) is 6.92 Å². The van der Waals surface area contributed by atoms with E-state index in [0.717, 1.165) is 23.6 Å². The average Bonchev–Trinajstić information content (AvgIpc) is 3.29. The zero-order valence-electron chi connectivity index (χ0n) is 18.1. The van der Waals surface area contributed by atoms with Crippen molar-refractivity contribution >= 4 is 23.3 Å². The molecule has 3 N–H and O–H groups in total. The van der Waals surface area contributed by atoms with Gasteiger partial charge in [-0.1, -0.05) is 6.07 Å². The Morgan fingerprint density at radius 2 is 1.94 bits per heavy atom. The molecule has 0 aliphatic carbocycles. The Morgan fingerprint density at radius 3 is 2.68 bits per heavy atom. The topological polar surface area (TPSA) is 114 Å². The van der Waals surface area contributed by atoms with Crippen molar-refractivity contribution < 1.29 is 22.8 Å². The predicted octanol–water partition coefficient (Wildman–Crippen LogP) is 3.54. The largest absolute Gasteiger partial charge is 0.417 e. The summed E-state index contributed by atoms with van der Waals surface area (Å²) >= 11 is 0. The van der Waals surface area contributed by atoms with Crippen molar-refractivity contribution in [3.63, 3.8) is 0 Å². The molecule has 1 saturated heterocycles. The van der Waals surface area contributed by atoms with E-state index in [1.165, 1.54) is 12.5 Å². The van der Waals surface area contributed by atoms with Gasteiger partial charge >= 0.3 is 6.18 Å². The van der Waals surface area contributed by atoms with E-state index in [1.807, 2.05) is 17.9 Å². The molecule has 4 rings (SSSR count). The molecule has 0 bridgehead atoms. The molecule has 2 aromatic heterocycles. The van der Waals surface area contributed by atoms with Gasteiger partial charge in [0.2, 0.25) is 0 Å². The molecular formula is C23H21F3N6O2. The Morgan fingerprint density at radius 1 is 1.15 bits per heavy atom. The van der Waals surface area contributed by atoms with Crippen LogP contribution in [0.25, 0.3) is 0 Å². The second-order valence-corrected chi connectivity index (χ2v) is 8.04. The average molecular weight is 470 g/mol. The van der Waals surface area contributed by atoms with Gasteiger partial charge in [0.15, 0.2) is 0 Å². The van der Waals surface area contributed by atoms with Crippen molar-refractivity contribution in [2.45, 2.75) is 25.4 Å². The number of nitrogens with one attached hydrogen (secondary N) is 1. The number of aryl methyl sites for hydroxylation is 1. The molecule has 1 aliphatic heterocycles. The van der Waals surface area contributed by atoms with Crippen molar-refractivity contribution in [1.29, 1.82) is 0 Å². The third-order valence-corrected chi connectivity index (χ3v) is 5.72. The molecular weight excluding hydrogens is 449 g/mol. The lowest BCUT2D eigenvalue weighted by molar-refractivity contribution is -0.137. The van der Waals surface area contributed by atoms with Crippen molar-refractivity contribution in [3.05, 3.63) is 77.0 Å². The molecule has 0 radical (unpaired) electrons. The minimum Gasteiger partial charge on any atom is -0.364 e. The van der Waals surface area contributed by atoms with Gasteiger partial charge in [0.05, 0.1) is 17.4 Å². The number of pyridine rings is 1. The highest BCUT2D eigenvalue weighted by molar-refractivity contribution is 6.04. The lowest BCUT2D eigenvalue weighted by atomic mass is 9.92. The van der Waals surface area contributed by atoms with Crippen LogP contribution in [0.2, 0.25) is 0 Å². The molecule has 1 aliphatic rings. The monoisotopic (exact) mass is 470 g/mol. The molecule has 0 spiro atoms. The number of anilines is 2. The van der Waals surface area contributed by atoms with Crippen LogP contribution in [0.4, 0.5) is 24.7 Å². The van der Waals surface area contributed by atoms with Gasteiger partial charge in [0, 0.05) is 36.8 Å². The molecule has 1 fully saturated rings. The number of amides is 2. The molecule has 1 atom stereocenters. The number of carbonyl (C=O) groups excluding carboxylic acids is 2. The van der Waals surface area contributed by atoms with Crippen molar-refractivity contribution in [2.75, 3.05) is 23.3 Å². The number of aromatic nitrogens is 3. The molecule has 0 unspecified atom stereocenters. The smallest absolute Gasteiger partial charge is 0.364 e. The summed E-state index contributed by atoms with van der Waals surface area (Å²) in [6.07, 6.45) is -0.601. The van der Waals surface area contributed by atoms with Gasteiger partial charge in [-0.25, -0.2) is 9.97 Å². The fourth-order valence-electron chi connectivity index (χ4n) is 3.97. The number of halogens is 3. The Labute approximate surface area is 193 Å². The van der Waals surface area contributed by atoms with E-state index < -0.39 is 23.6 Å². The normalized spacial score (nSPS) is 15.9. The number of alkyl halides is 3. The van der Waals surface area contributed by atoms with Gasteiger partial charge in [0.25, 0.3) is 11.8 Å². The van der Waals surface area contributed by atoms with E-state index >= 15 is 0 Å². The number of benzene rings is 1. The van der Waals surface area contributed by atoms with E-state index in [0.29, 0.717) is 30.7 Å². The Hall–Kier alpha value is -4.02. The molecule has 3 aromatic rings. The van der Waals surface area contributed by atoms with Gasteiger partial charge in [-0.15, -0.1) is 0 Å². The lowest BCUT2D eigenvalue weighted by Gasteiger charge is -2.19. The number of carbonyl (C=O) groups is 2. The van der Waals surface area contributed by atoms with Gasteiger partial charge < -0.3 is 16.0 Å². The summed E-state index contributed by atoms with van der Waals surface area (Å²) in [6, 6.07) is 7.59. The van der Waals surface area contributed by atoms with Crippen LogP contribution in [0.3, 0.4) is 0 Å². The number of nitrogens with zero attached hydrogens (tertiary/aromatic N) is 4. The zero-order valence-corrected chi connectivity index (χ0v) is 18.1. The highest BCUT2D eigenvalue weighted by atomic mass is 19.4. The summed E-state index contributed by atoms with van der Waals surface area (Å²) in [5.41, 5.74) is 6.74. The standard InChI is InChI=1S/C23H21F3N6O2/c1-13-2-3-14(22(34)31-17-7-16(9-28-10-17)23(24,25)26)6-18(13)15-4-5-32(11-15)20-8-19(21(27)33)29-12-30-20/h2-3,6-10,12,15H,4-5,11H2,1H3,(H2,27,33)(H,31,34)/t15-/m1/s1. The number of hydrogen-bond acceptors (Lipinski definition) is 6. The number of primary amides is 1. The third-order valence-electron chi connectivity index (χ3n) is 5.72. The molecule has 176 valence electrons. The summed E-state index contributed by atoms with van der Waals surface area (Å²) in [7, 11) is 0. The van der Waals surface area contributed by atoms with Crippen LogP contribution in [0.1, 0.15) is 49.9 Å².